The third-order valence-corrected chi connectivity index (χ3v) is 6.22. The Morgan fingerprint density at radius 3 is 1.91 bits per heavy atom. The number of benzene rings is 1. The second-order valence-corrected chi connectivity index (χ2v) is 7.43. The zero-order valence-corrected chi connectivity index (χ0v) is 15.1. The molecule has 0 amide bonds. The van der Waals surface area contributed by atoms with Crippen LogP contribution in [-0.4, -0.2) is 35.7 Å². The van der Waals surface area contributed by atoms with Crippen LogP contribution in [0.3, 0.4) is 0 Å². The summed E-state index contributed by atoms with van der Waals surface area (Å²) in [4.78, 5) is 0. The second kappa shape index (κ2) is 10.6. The van der Waals surface area contributed by atoms with Crippen molar-refractivity contribution in [3.63, 3.8) is 0 Å². The maximum absolute atomic E-state index is 5.84. The van der Waals surface area contributed by atoms with E-state index in [1.807, 2.05) is 45.0 Å². The van der Waals surface area contributed by atoms with Crippen molar-refractivity contribution < 1.29 is 18.0 Å². The fourth-order valence-corrected chi connectivity index (χ4v) is 4.72. The van der Waals surface area contributed by atoms with Gasteiger partial charge >= 0.3 is 8.80 Å². The van der Waals surface area contributed by atoms with Crippen molar-refractivity contribution in [1.29, 1.82) is 0 Å². The van der Waals surface area contributed by atoms with Gasteiger partial charge in [-0.3, -0.25) is 0 Å². The maximum Gasteiger partial charge on any atom is 0.501 e. The molecule has 0 bridgehead atoms. The Morgan fingerprint density at radius 2 is 1.45 bits per heavy atom. The molecule has 5 heteroatoms. The van der Waals surface area contributed by atoms with Crippen molar-refractivity contribution in [2.45, 2.75) is 33.2 Å². The molecule has 0 aliphatic carbocycles. The first-order valence-electron chi connectivity index (χ1n) is 7.92. The number of allylic oxidation sites excluding steroid dienone is 1. The fourth-order valence-electron chi connectivity index (χ4n) is 2.20. The molecule has 0 radical (unpaired) electrons. The average molecular weight is 324 g/mol. The van der Waals surface area contributed by atoms with Crippen molar-refractivity contribution in [3.05, 3.63) is 35.9 Å². The number of hydrogen-bond acceptors (Lipinski definition) is 4. The molecule has 0 atom stereocenters. The third kappa shape index (κ3) is 6.32. The van der Waals surface area contributed by atoms with Crippen LogP contribution >= 0.6 is 0 Å². The van der Waals surface area contributed by atoms with Gasteiger partial charge in [0.2, 0.25) is 0 Å². The standard InChI is InChI=1S/C17H28O4Si/c1-5-19-22(20-6-2,21-7-3)15-9-8-10-16-11-13-17(18-4)14-12-16/h8,10-14H,5-7,9,15H2,1-4H3/b10-8+. The van der Waals surface area contributed by atoms with Gasteiger partial charge in [0.1, 0.15) is 5.75 Å². The van der Waals surface area contributed by atoms with Crippen LogP contribution in [0.15, 0.2) is 30.3 Å². The van der Waals surface area contributed by atoms with E-state index in [1.165, 1.54) is 0 Å². The zero-order valence-electron chi connectivity index (χ0n) is 14.1. The van der Waals surface area contributed by atoms with Crippen LogP contribution in [0, 0.1) is 0 Å². The van der Waals surface area contributed by atoms with Gasteiger partial charge < -0.3 is 18.0 Å². The Morgan fingerprint density at radius 1 is 0.909 bits per heavy atom. The first kappa shape index (κ1) is 18.9. The predicted molar refractivity (Wildman–Crippen MR) is 92.1 cm³/mol. The Labute approximate surface area is 135 Å². The SMILES string of the molecule is CCO[Si](CC/C=C/c1ccc(OC)cc1)(OCC)OCC. The summed E-state index contributed by atoms with van der Waals surface area (Å²) in [5, 5.41) is 0. The normalized spacial score (nSPS) is 12.0. The summed E-state index contributed by atoms with van der Waals surface area (Å²) in [6.45, 7) is 7.80. The summed E-state index contributed by atoms with van der Waals surface area (Å²) >= 11 is 0. The largest absolute Gasteiger partial charge is 0.501 e. The summed E-state index contributed by atoms with van der Waals surface area (Å²) in [5.41, 5.74) is 1.15. The molecule has 124 valence electrons. The van der Waals surface area contributed by atoms with Crippen LogP contribution in [0.25, 0.3) is 6.08 Å². The Balaban J connectivity index is 2.57. The highest BCUT2D eigenvalue weighted by molar-refractivity contribution is 6.60. The van der Waals surface area contributed by atoms with E-state index in [0.717, 1.165) is 23.8 Å². The highest BCUT2D eigenvalue weighted by Crippen LogP contribution is 2.19. The van der Waals surface area contributed by atoms with E-state index in [4.69, 9.17) is 18.0 Å². The number of methoxy groups -OCH3 is 1. The van der Waals surface area contributed by atoms with Gasteiger partial charge in [0.25, 0.3) is 0 Å². The van der Waals surface area contributed by atoms with Crippen molar-refractivity contribution >= 4 is 14.9 Å². The first-order chi connectivity index (χ1) is 10.7. The van der Waals surface area contributed by atoms with Gasteiger partial charge in [-0.25, -0.2) is 0 Å². The lowest BCUT2D eigenvalue weighted by Gasteiger charge is -2.28. The molecule has 0 saturated carbocycles. The van der Waals surface area contributed by atoms with E-state index in [0.29, 0.717) is 19.8 Å². The van der Waals surface area contributed by atoms with Gasteiger partial charge in [-0.2, -0.15) is 0 Å². The molecule has 4 nitrogen and oxygen atoms in total. The molecule has 0 saturated heterocycles. The highest BCUT2D eigenvalue weighted by atomic mass is 28.4. The number of rotatable bonds is 11. The van der Waals surface area contributed by atoms with E-state index in [1.54, 1.807) is 7.11 Å². The van der Waals surface area contributed by atoms with Crippen LogP contribution in [-0.2, 0) is 13.3 Å². The van der Waals surface area contributed by atoms with Gasteiger partial charge in [0, 0.05) is 25.9 Å². The van der Waals surface area contributed by atoms with E-state index < -0.39 is 8.80 Å². The lowest BCUT2D eigenvalue weighted by Crippen LogP contribution is -2.45. The van der Waals surface area contributed by atoms with Crippen molar-refractivity contribution in [2.75, 3.05) is 26.9 Å². The molecular weight excluding hydrogens is 296 g/mol. The molecule has 1 rings (SSSR count). The first-order valence-corrected chi connectivity index (χ1v) is 9.85. The second-order valence-electron chi connectivity index (χ2n) is 4.70. The van der Waals surface area contributed by atoms with Gasteiger partial charge in [-0.1, -0.05) is 24.3 Å². The molecular formula is C17H28O4Si. The van der Waals surface area contributed by atoms with Crippen molar-refractivity contribution in [2.24, 2.45) is 0 Å². The predicted octanol–water partition coefficient (Wildman–Crippen LogP) is 4.15. The Kier molecular flexibility index (Phi) is 9.08. The van der Waals surface area contributed by atoms with Crippen molar-refractivity contribution in [3.8, 4) is 5.75 Å². The summed E-state index contributed by atoms with van der Waals surface area (Å²) in [5.74, 6) is 0.868. The minimum absolute atomic E-state index is 0.619. The van der Waals surface area contributed by atoms with Crippen LogP contribution in [0.1, 0.15) is 32.8 Å². The quantitative estimate of drug-likeness (QED) is 0.573. The Hall–Kier alpha value is -1.14. The van der Waals surface area contributed by atoms with Crippen LogP contribution in [0.2, 0.25) is 6.04 Å². The van der Waals surface area contributed by atoms with E-state index >= 15 is 0 Å². The van der Waals surface area contributed by atoms with E-state index in [-0.39, 0.29) is 0 Å². The molecule has 22 heavy (non-hydrogen) atoms. The number of hydrogen-bond donors (Lipinski definition) is 0. The van der Waals surface area contributed by atoms with Crippen molar-refractivity contribution in [1.82, 2.24) is 0 Å². The van der Waals surface area contributed by atoms with Gasteiger partial charge in [-0.05, 0) is 44.9 Å². The van der Waals surface area contributed by atoms with Crippen LogP contribution in [0.4, 0.5) is 0 Å². The minimum atomic E-state index is -2.52. The lowest BCUT2D eigenvalue weighted by atomic mass is 10.2. The molecule has 0 N–H and O–H groups in total. The molecule has 0 unspecified atom stereocenters. The summed E-state index contributed by atoms with van der Waals surface area (Å²) in [6, 6.07) is 8.79. The van der Waals surface area contributed by atoms with Crippen LogP contribution < -0.4 is 4.74 Å². The third-order valence-electron chi connectivity index (χ3n) is 3.14. The Bertz CT molecular complexity index is 414. The monoisotopic (exact) mass is 324 g/mol. The van der Waals surface area contributed by atoms with E-state index in [2.05, 4.69) is 12.2 Å². The molecule has 0 heterocycles. The van der Waals surface area contributed by atoms with Gasteiger partial charge in [-0.15, -0.1) is 0 Å². The lowest BCUT2D eigenvalue weighted by molar-refractivity contribution is 0.0716. The molecule has 1 aromatic carbocycles. The molecule has 0 aliphatic heterocycles. The summed E-state index contributed by atoms with van der Waals surface area (Å²) in [7, 11) is -0.849. The molecule has 0 spiro atoms. The summed E-state index contributed by atoms with van der Waals surface area (Å²) in [6.07, 6.45) is 5.11. The maximum atomic E-state index is 5.84. The highest BCUT2D eigenvalue weighted by Gasteiger charge is 2.39. The topological polar surface area (TPSA) is 36.9 Å². The molecule has 0 fully saturated rings. The smallest absolute Gasteiger partial charge is 0.497 e. The van der Waals surface area contributed by atoms with Crippen LogP contribution in [0.5, 0.6) is 5.75 Å². The molecule has 0 aliphatic rings. The van der Waals surface area contributed by atoms with Gasteiger partial charge in [0.05, 0.1) is 7.11 Å². The zero-order chi connectivity index (χ0) is 16.3. The number of ether oxygens (including phenoxy) is 1. The minimum Gasteiger partial charge on any atom is -0.497 e. The average Bonchev–Trinajstić information content (AvgIpc) is 2.53. The van der Waals surface area contributed by atoms with Gasteiger partial charge in [0.15, 0.2) is 0 Å². The fraction of sp³-hybridized carbons (Fsp3) is 0.529. The summed E-state index contributed by atoms with van der Waals surface area (Å²) < 4.78 is 22.7. The molecule has 1 aromatic rings. The molecule has 0 aromatic heterocycles. The van der Waals surface area contributed by atoms with E-state index in [9.17, 15) is 0 Å².